The number of nitrogens with zero attached hydrogens (tertiary/aromatic N) is 1. The minimum absolute atomic E-state index is 0.186. The van der Waals surface area contributed by atoms with Crippen molar-refractivity contribution in [3.63, 3.8) is 0 Å². The van der Waals surface area contributed by atoms with Gasteiger partial charge in [-0.05, 0) is 18.5 Å². The van der Waals surface area contributed by atoms with Crippen molar-refractivity contribution in [3.8, 4) is 0 Å². The highest BCUT2D eigenvalue weighted by atomic mass is 32.1. The summed E-state index contributed by atoms with van der Waals surface area (Å²) < 4.78 is 19.0. The number of hydrogen-bond donors (Lipinski definition) is 2. The zero-order valence-corrected chi connectivity index (χ0v) is 11.9. The van der Waals surface area contributed by atoms with Gasteiger partial charge in [-0.15, -0.1) is 0 Å². The molecule has 0 aliphatic carbocycles. The van der Waals surface area contributed by atoms with Gasteiger partial charge >= 0.3 is 5.97 Å². The quantitative estimate of drug-likeness (QED) is 0.516. The number of hydrogen-bond acceptors (Lipinski definition) is 8. The molecule has 0 bridgehead atoms. The van der Waals surface area contributed by atoms with E-state index in [0.717, 1.165) is 11.5 Å². The molecule has 0 radical (unpaired) electrons. The van der Waals surface area contributed by atoms with Crippen LogP contribution in [0, 0.1) is 0 Å². The van der Waals surface area contributed by atoms with E-state index in [-0.39, 0.29) is 5.82 Å². The Bertz CT molecular complexity index is 397. The molecule has 1 rings (SSSR count). The first kappa shape index (κ1) is 15.7. The van der Waals surface area contributed by atoms with Gasteiger partial charge in [0, 0.05) is 13.7 Å². The number of carbonyl (C=O) groups is 1. The number of methoxy groups -OCH3 is 1. The molecular formula is C11H19N3O4S. The molecular weight excluding hydrogens is 270 g/mol. The lowest BCUT2D eigenvalue weighted by atomic mass is 10.3. The summed E-state index contributed by atoms with van der Waals surface area (Å²) in [6.45, 7) is 4.19. The van der Waals surface area contributed by atoms with Crippen LogP contribution in [-0.4, -0.2) is 50.4 Å². The molecule has 8 heteroatoms. The standard InChI is InChI=1S/C11H19N3O4S/c1-3-18-11(15)8-9(12)14-19-10(8)13-4-5-17-7-6-16-2/h13H,3-7H2,1-2H3,(H2,12,14). The zero-order valence-electron chi connectivity index (χ0n) is 11.1. The van der Waals surface area contributed by atoms with Gasteiger partial charge in [0.15, 0.2) is 5.82 Å². The Labute approximate surface area is 116 Å². The average Bonchev–Trinajstić information content (AvgIpc) is 2.75. The van der Waals surface area contributed by atoms with E-state index >= 15 is 0 Å². The number of ether oxygens (including phenoxy) is 3. The smallest absolute Gasteiger partial charge is 0.344 e. The third-order valence-corrected chi connectivity index (χ3v) is 2.98. The highest BCUT2D eigenvalue weighted by molar-refractivity contribution is 7.11. The van der Waals surface area contributed by atoms with Crippen molar-refractivity contribution < 1.29 is 19.0 Å². The number of carbonyl (C=O) groups excluding carboxylic acids is 1. The summed E-state index contributed by atoms with van der Waals surface area (Å²) in [5, 5.41) is 3.66. The molecule has 1 aromatic rings. The lowest BCUT2D eigenvalue weighted by Gasteiger charge is -2.07. The third kappa shape index (κ3) is 5.01. The van der Waals surface area contributed by atoms with Gasteiger partial charge in [0.1, 0.15) is 10.6 Å². The van der Waals surface area contributed by atoms with Crippen molar-refractivity contribution in [1.82, 2.24) is 4.37 Å². The van der Waals surface area contributed by atoms with Crippen LogP contribution in [0.25, 0.3) is 0 Å². The molecule has 0 amide bonds. The number of esters is 1. The summed E-state index contributed by atoms with van der Waals surface area (Å²) in [5.41, 5.74) is 5.95. The molecule has 0 atom stereocenters. The minimum Gasteiger partial charge on any atom is -0.462 e. The predicted molar refractivity (Wildman–Crippen MR) is 73.7 cm³/mol. The molecule has 0 spiro atoms. The van der Waals surface area contributed by atoms with Crippen LogP contribution >= 0.6 is 11.5 Å². The van der Waals surface area contributed by atoms with Crippen LogP contribution in [-0.2, 0) is 14.2 Å². The first-order chi connectivity index (χ1) is 9.20. The van der Waals surface area contributed by atoms with Crippen molar-refractivity contribution in [2.24, 2.45) is 0 Å². The lowest BCUT2D eigenvalue weighted by molar-refractivity contribution is 0.0529. The van der Waals surface area contributed by atoms with Crippen LogP contribution in [0.2, 0.25) is 0 Å². The molecule has 108 valence electrons. The number of anilines is 2. The number of nitrogens with one attached hydrogen (secondary N) is 1. The van der Waals surface area contributed by atoms with Gasteiger partial charge in [-0.2, -0.15) is 4.37 Å². The van der Waals surface area contributed by atoms with Crippen LogP contribution in [0.1, 0.15) is 17.3 Å². The van der Waals surface area contributed by atoms with E-state index in [9.17, 15) is 4.79 Å². The molecule has 3 N–H and O–H groups in total. The van der Waals surface area contributed by atoms with Crippen molar-refractivity contribution in [2.45, 2.75) is 6.92 Å². The first-order valence-electron chi connectivity index (χ1n) is 5.93. The van der Waals surface area contributed by atoms with Crippen molar-refractivity contribution in [2.75, 3.05) is 51.1 Å². The predicted octanol–water partition coefficient (Wildman–Crippen LogP) is 0.977. The van der Waals surface area contributed by atoms with Gasteiger partial charge in [0.25, 0.3) is 0 Å². The van der Waals surface area contributed by atoms with Crippen LogP contribution in [0.15, 0.2) is 0 Å². The molecule has 1 aromatic heterocycles. The summed E-state index contributed by atoms with van der Waals surface area (Å²) >= 11 is 1.13. The van der Waals surface area contributed by atoms with Gasteiger partial charge in [-0.1, -0.05) is 0 Å². The van der Waals surface area contributed by atoms with Gasteiger partial charge in [-0.3, -0.25) is 0 Å². The Morgan fingerprint density at radius 1 is 1.42 bits per heavy atom. The van der Waals surface area contributed by atoms with Gasteiger partial charge in [-0.25, -0.2) is 4.79 Å². The molecule has 7 nitrogen and oxygen atoms in total. The van der Waals surface area contributed by atoms with Crippen molar-refractivity contribution in [3.05, 3.63) is 5.56 Å². The molecule has 0 aromatic carbocycles. The lowest BCUT2D eigenvalue weighted by Crippen LogP contribution is -2.14. The Kier molecular flexibility index (Phi) is 7.16. The number of nitrogen functional groups attached to an aromatic ring is 1. The fraction of sp³-hybridized carbons (Fsp3) is 0.636. The van der Waals surface area contributed by atoms with Crippen LogP contribution in [0.4, 0.5) is 10.8 Å². The van der Waals surface area contributed by atoms with E-state index in [2.05, 4.69) is 9.69 Å². The third-order valence-electron chi connectivity index (χ3n) is 2.16. The van der Waals surface area contributed by atoms with Gasteiger partial charge in [0.2, 0.25) is 0 Å². The summed E-state index contributed by atoms with van der Waals surface area (Å²) in [5.74, 6) is -0.275. The zero-order chi connectivity index (χ0) is 14.1. The van der Waals surface area contributed by atoms with Crippen LogP contribution < -0.4 is 11.1 Å². The Morgan fingerprint density at radius 3 is 2.89 bits per heavy atom. The molecule has 0 aliphatic heterocycles. The monoisotopic (exact) mass is 289 g/mol. The largest absolute Gasteiger partial charge is 0.462 e. The molecule has 0 saturated heterocycles. The highest BCUT2D eigenvalue weighted by Crippen LogP contribution is 2.27. The second kappa shape index (κ2) is 8.68. The summed E-state index contributed by atoms with van der Waals surface area (Å²) in [6, 6.07) is 0. The maximum absolute atomic E-state index is 11.7. The molecule has 19 heavy (non-hydrogen) atoms. The van der Waals surface area contributed by atoms with Gasteiger partial charge < -0.3 is 25.3 Å². The minimum atomic E-state index is -0.462. The SMILES string of the molecule is CCOC(=O)c1c(N)nsc1NCCOCCOC. The first-order valence-corrected chi connectivity index (χ1v) is 6.70. The van der Waals surface area contributed by atoms with E-state index in [1.54, 1.807) is 14.0 Å². The Morgan fingerprint density at radius 2 is 2.21 bits per heavy atom. The highest BCUT2D eigenvalue weighted by Gasteiger charge is 2.20. The number of aromatic nitrogens is 1. The summed E-state index contributed by atoms with van der Waals surface area (Å²) in [6.07, 6.45) is 0. The number of rotatable bonds is 9. The maximum atomic E-state index is 11.7. The molecule has 1 heterocycles. The van der Waals surface area contributed by atoms with Crippen LogP contribution in [0.3, 0.4) is 0 Å². The van der Waals surface area contributed by atoms with E-state index in [0.29, 0.717) is 43.5 Å². The summed E-state index contributed by atoms with van der Waals surface area (Å²) in [4.78, 5) is 11.7. The van der Waals surface area contributed by atoms with E-state index in [4.69, 9.17) is 19.9 Å². The normalized spacial score (nSPS) is 10.4. The molecule has 0 saturated carbocycles. The van der Waals surface area contributed by atoms with E-state index < -0.39 is 5.97 Å². The summed E-state index contributed by atoms with van der Waals surface area (Å²) in [7, 11) is 1.62. The van der Waals surface area contributed by atoms with Crippen molar-refractivity contribution in [1.29, 1.82) is 0 Å². The number of nitrogens with two attached hydrogens (primary N) is 1. The second-order valence-electron chi connectivity index (χ2n) is 3.52. The van der Waals surface area contributed by atoms with E-state index in [1.165, 1.54) is 0 Å². The molecule has 0 aliphatic rings. The van der Waals surface area contributed by atoms with Crippen molar-refractivity contribution >= 4 is 28.3 Å². The maximum Gasteiger partial charge on any atom is 0.344 e. The molecule has 0 unspecified atom stereocenters. The molecule has 0 fully saturated rings. The Balaban J connectivity index is 2.43. The van der Waals surface area contributed by atoms with Gasteiger partial charge in [0.05, 0.1) is 26.4 Å². The fourth-order valence-electron chi connectivity index (χ4n) is 1.30. The average molecular weight is 289 g/mol. The van der Waals surface area contributed by atoms with E-state index in [1.807, 2.05) is 0 Å². The fourth-order valence-corrected chi connectivity index (χ4v) is 2.03. The second-order valence-corrected chi connectivity index (χ2v) is 4.30. The Hall–Kier alpha value is -1.38. The topological polar surface area (TPSA) is 95.7 Å². The van der Waals surface area contributed by atoms with Crippen LogP contribution in [0.5, 0.6) is 0 Å².